The average molecular weight is 376 g/mol. The molecule has 0 aliphatic rings. The first kappa shape index (κ1) is 13.2. The summed E-state index contributed by atoms with van der Waals surface area (Å²) in [5.74, 6) is 0.831. The molecule has 20 heavy (non-hydrogen) atoms. The second kappa shape index (κ2) is 5.28. The molecule has 3 rings (SSSR count). The molecule has 0 aliphatic carbocycles. The molecule has 4 heteroatoms. The van der Waals surface area contributed by atoms with Gasteiger partial charge in [0.25, 0.3) is 0 Å². The lowest BCUT2D eigenvalue weighted by atomic mass is 10.1. The van der Waals surface area contributed by atoms with Crippen LogP contribution in [0.3, 0.4) is 0 Å². The van der Waals surface area contributed by atoms with E-state index in [9.17, 15) is 0 Å². The van der Waals surface area contributed by atoms with Crippen LogP contribution in [0.4, 0.5) is 5.69 Å². The van der Waals surface area contributed by atoms with E-state index in [0.29, 0.717) is 0 Å². The summed E-state index contributed by atoms with van der Waals surface area (Å²) >= 11 is 2.26. The second-order valence-corrected chi connectivity index (χ2v) is 5.51. The van der Waals surface area contributed by atoms with Crippen molar-refractivity contribution >= 4 is 39.2 Å². The Morgan fingerprint density at radius 2 is 1.75 bits per heavy atom. The van der Waals surface area contributed by atoms with Crippen LogP contribution in [0.5, 0.6) is 5.75 Å². The summed E-state index contributed by atoms with van der Waals surface area (Å²) in [7, 11) is 1.66. The van der Waals surface area contributed by atoms with Crippen LogP contribution in [0, 0.1) is 3.57 Å². The van der Waals surface area contributed by atoms with Crippen LogP contribution in [0.2, 0.25) is 0 Å². The number of fused-ring (bicyclic) bond motifs is 1. The Morgan fingerprint density at radius 3 is 2.45 bits per heavy atom. The smallest absolute Gasteiger partial charge is 0.118 e. The second-order valence-electron chi connectivity index (χ2n) is 4.43. The third-order valence-electron chi connectivity index (χ3n) is 3.23. The first-order valence-corrected chi connectivity index (χ1v) is 7.26. The van der Waals surface area contributed by atoms with Gasteiger partial charge in [0, 0.05) is 10.9 Å². The third-order valence-corrected chi connectivity index (χ3v) is 4.33. The Balaban J connectivity index is 2.22. The van der Waals surface area contributed by atoms with Crippen molar-refractivity contribution in [1.82, 2.24) is 4.98 Å². The van der Waals surface area contributed by atoms with Gasteiger partial charge in [0.15, 0.2) is 0 Å². The van der Waals surface area contributed by atoms with Gasteiger partial charge in [-0.25, -0.2) is 4.98 Å². The molecule has 3 nitrogen and oxygen atoms in total. The van der Waals surface area contributed by atoms with Gasteiger partial charge in [-0.05, 0) is 52.9 Å². The van der Waals surface area contributed by atoms with Crippen LogP contribution in [-0.4, -0.2) is 12.1 Å². The number of nitrogen functional groups attached to an aromatic ring is 1. The predicted octanol–water partition coefficient (Wildman–Crippen LogP) is 4.10. The number of rotatable bonds is 2. The van der Waals surface area contributed by atoms with E-state index in [2.05, 4.69) is 22.6 Å². The van der Waals surface area contributed by atoms with Gasteiger partial charge in [-0.2, -0.15) is 0 Å². The van der Waals surface area contributed by atoms with Crippen molar-refractivity contribution in [2.75, 3.05) is 12.8 Å². The SMILES string of the molecule is COc1ccc(-c2nc3ccccc3c(N)c2I)cc1. The normalized spacial score (nSPS) is 10.7. The highest BCUT2D eigenvalue weighted by Gasteiger charge is 2.12. The summed E-state index contributed by atoms with van der Waals surface area (Å²) in [4.78, 5) is 4.73. The highest BCUT2D eigenvalue weighted by molar-refractivity contribution is 14.1. The maximum absolute atomic E-state index is 6.24. The molecular formula is C16H13IN2O. The quantitative estimate of drug-likeness (QED) is 0.686. The molecule has 2 N–H and O–H groups in total. The van der Waals surface area contributed by atoms with E-state index >= 15 is 0 Å². The molecule has 0 saturated heterocycles. The summed E-state index contributed by atoms with van der Waals surface area (Å²) in [5, 5.41) is 0.995. The van der Waals surface area contributed by atoms with Crippen LogP contribution < -0.4 is 10.5 Å². The monoisotopic (exact) mass is 376 g/mol. The molecule has 0 bridgehead atoms. The fourth-order valence-electron chi connectivity index (χ4n) is 2.15. The molecule has 0 fully saturated rings. The zero-order valence-electron chi connectivity index (χ0n) is 10.9. The molecule has 0 unspecified atom stereocenters. The summed E-state index contributed by atoms with van der Waals surface area (Å²) in [5.41, 5.74) is 9.87. The number of ether oxygens (including phenoxy) is 1. The van der Waals surface area contributed by atoms with Crippen molar-refractivity contribution < 1.29 is 4.74 Å². The Morgan fingerprint density at radius 1 is 1.05 bits per heavy atom. The molecule has 0 saturated carbocycles. The summed E-state index contributed by atoms with van der Waals surface area (Å²) < 4.78 is 6.16. The van der Waals surface area contributed by atoms with Crippen LogP contribution in [0.25, 0.3) is 22.2 Å². The number of hydrogen-bond acceptors (Lipinski definition) is 3. The number of halogens is 1. The van der Waals surface area contributed by atoms with E-state index < -0.39 is 0 Å². The van der Waals surface area contributed by atoms with Gasteiger partial charge in [0.05, 0.1) is 27.6 Å². The largest absolute Gasteiger partial charge is 0.497 e. The van der Waals surface area contributed by atoms with Crippen LogP contribution >= 0.6 is 22.6 Å². The number of aromatic nitrogens is 1. The molecule has 0 amide bonds. The van der Waals surface area contributed by atoms with Gasteiger partial charge in [-0.3, -0.25) is 0 Å². The van der Waals surface area contributed by atoms with Crippen molar-refractivity contribution in [2.24, 2.45) is 0 Å². The lowest BCUT2D eigenvalue weighted by molar-refractivity contribution is 0.415. The van der Waals surface area contributed by atoms with E-state index in [-0.39, 0.29) is 0 Å². The number of hydrogen-bond donors (Lipinski definition) is 1. The number of para-hydroxylation sites is 1. The molecule has 0 spiro atoms. The van der Waals surface area contributed by atoms with E-state index in [1.807, 2.05) is 48.5 Å². The minimum absolute atomic E-state index is 0.780. The summed E-state index contributed by atoms with van der Waals surface area (Å²) in [6.45, 7) is 0. The number of nitrogens with two attached hydrogens (primary N) is 1. The molecule has 100 valence electrons. The average Bonchev–Trinajstić information content (AvgIpc) is 2.51. The predicted molar refractivity (Wildman–Crippen MR) is 90.9 cm³/mol. The molecule has 0 radical (unpaired) electrons. The highest BCUT2D eigenvalue weighted by Crippen LogP contribution is 2.33. The summed E-state index contributed by atoms with van der Waals surface area (Å²) in [6.07, 6.45) is 0. The van der Waals surface area contributed by atoms with E-state index in [0.717, 1.165) is 37.2 Å². The Bertz CT molecular complexity index is 769. The summed E-state index contributed by atoms with van der Waals surface area (Å²) in [6, 6.07) is 15.8. The van der Waals surface area contributed by atoms with Gasteiger partial charge in [0.2, 0.25) is 0 Å². The van der Waals surface area contributed by atoms with Crippen molar-refractivity contribution in [3.05, 3.63) is 52.1 Å². The van der Waals surface area contributed by atoms with Crippen LogP contribution in [0.1, 0.15) is 0 Å². The van der Waals surface area contributed by atoms with Gasteiger partial charge in [0.1, 0.15) is 5.75 Å². The number of nitrogens with zero attached hydrogens (tertiary/aromatic N) is 1. The molecule has 1 aromatic heterocycles. The van der Waals surface area contributed by atoms with E-state index in [1.54, 1.807) is 7.11 Å². The van der Waals surface area contributed by atoms with Crippen molar-refractivity contribution in [1.29, 1.82) is 0 Å². The molecular weight excluding hydrogens is 363 g/mol. The van der Waals surface area contributed by atoms with Crippen LogP contribution in [0.15, 0.2) is 48.5 Å². The fourth-order valence-corrected chi connectivity index (χ4v) is 2.88. The Hall–Kier alpha value is -1.82. The zero-order valence-corrected chi connectivity index (χ0v) is 13.1. The van der Waals surface area contributed by atoms with Crippen LogP contribution in [-0.2, 0) is 0 Å². The standard InChI is InChI=1S/C16H13IN2O/c1-20-11-8-6-10(7-9-11)16-14(17)15(18)12-4-2-3-5-13(12)19-16/h2-9H,1H3,(H2,18,19). The fraction of sp³-hybridized carbons (Fsp3) is 0.0625. The number of methoxy groups -OCH3 is 1. The topological polar surface area (TPSA) is 48.1 Å². The molecule has 0 aliphatic heterocycles. The zero-order chi connectivity index (χ0) is 14.1. The first-order chi connectivity index (χ1) is 9.70. The Labute approximate surface area is 130 Å². The van der Waals surface area contributed by atoms with Gasteiger partial charge < -0.3 is 10.5 Å². The lowest BCUT2D eigenvalue weighted by Crippen LogP contribution is -1.98. The molecule has 2 aromatic carbocycles. The van der Waals surface area contributed by atoms with Gasteiger partial charge in [-0.1, -0.05) is 18.2 Å². The maximum atomic E-state index is 6.24. The maximum Gasteiger partial charge on any atom is 0.118 e. The first-order valence-electron chi connectivity index (χ1n) is 6.19. The van der Waals surface area contributed by atoms with E-state index in [1.165, 1.54) is 0 Å². The minimum atomic E-state index is 0.780. The van der Waals surface area contributed by atoms with Gasteiger partial charge in [-0.15, -0.1) is 0 Å². The number of pyridine rings is 1. The lowest BCUT2D eigenvalue weighted by Gasteiger charge is -2.10. The van der Waals surface area contributed by atoms with Crippen molar-refractivity contribution in [2.45, 2.75) is 0 Å². The highest BCUT2D eigenvalue weighted by atomic mass is 127. The number of benzene rings is 2. The Kier molecular flexibility index (Phi) is 3.48. The third kappa shape index (κ3) is 2.20. The van der Waals surface area contributed by atoms with Crippen molar-refractivity contribution in [3.63, 3.8) is 0 Å². The number of anilines is 1. The van der Waals surface area contributed by atoms with Gasteiger partial charge >= 0.3 is 0 Å². The molecule has 0 atom stereocenters. The minimum Gasteiger partial charge on any atom is -0.497 e. The van der Waals surface area contributed by atoms with Crippen molar-refractivity contribution in [3.8, 4) is 17.0 Å². The molecule has 3 aromatic rings. The van der Waals surface area contributed by atoms with E-state index in [4.69, 9.17) is 15.5 Å². The molecule has 1 heterocycles.